The topological polar surface area (TPSA) is 0 Å². The van der Waals surface area contributed by atoms with Crippen molar-refractivity contribution < 1.29 is 21.5 Å². The van der Waals surface area contributed by atoms with Gasteiger partial charge in [0, 0.05) is 0 Å². The summed E-state index contributed by atoms with van der Waals surface area (Å²) in [5.74, 6) is 0. The number of unbranched alkanes of at least 4 members (excludes halogenated alkanes) is 26. The van der Waals surface area contributed by atoms with Gasteiger partial charge in [0.25, 0.3) is 0 Å². The minimum absolute atomic E-state index is 0. The maximum atomic E-state index is 2.38. The molecule has 0 saturated carbocycles. The van der Waals surface area contributed by atoms with Gasteiger partial charge >= 0.3 is 0 Å². The molecule has 1 nitrogen and oxygen atoms in total. The summed E-state index contributed by atoms with van der Waals surface area (Å²) in [4.78, 5) is 0. The summed E-state index contributed by atoms with van der Waals surface area (Å²) in [6, 6.07) is 0. The van der Waals surface area contributed by atoms with Gasteiger partial charge in [0.2, 0.25) is 0 Å². The van der Waals surface area contributed by atoms with Gasteiger partial charge in [0.1, 0.15) is 0 Å². The normalized spacial score (nSPS) is 11.7. The van der Waals surface area contributed by atoms with Crippen molar-refractivity contribution in [1.29, 1.82) is 0 Å². The molecular weight excluding hydrogens is 550 g/mol. The maximum absolute atomic E-state index is 2.38. The van der Waals surface area contributed by atoms with Gasteiger partial charge in [-0.15, -0.1) is 0 Å². The molecule has 0 aromatic heterocycles. The van der Waals surface area contributed by atoms with Crippen molar-refractivity contribution >= 4 is 0 Å². The molecule has 0 aliphatic heterocycles. The highest BCUT2D eigenvalue weighted by molar-refractivity contribution is 4.55. The van der Waals surface area contributed by atoms with Crippen LogP contribution in [0.1, 0.15) is 220 Å². The molecule has 0 atom stereocenters. The van der Waals surface area contributed by atoms with Crippen LogP contribution in [0.3, 0.4) is 0 Å². The molecule has 0 aliphatic rings. The van der Waals surface area contributed by atoms with E-state index in [1.807, 2.05) is 0 Å². The zero-order chi connectivity index (χ0) is 28.5. The molecule has 0 fully saturated rings. The Hall–Kier alpha value is 0.440. The zero-order valence-electron chi connectivity index (χ0n) is 28.9. The van der Waals surface area contributed by atoms with E-state index in [0.29, 0.717) is 0 Å². The lowest BCUT2D eigenvalue weighted by Crippen LogP contribution is -3.00. The SMILES string of the molecule is CCCCCCCCCCCCCC[N+](CCCCC)(CCCCC)CCCCCCCCCCCCCC.[Br-]. The Morgan fingerprint density at radius 3 is 0.600 bits per heavy atom. The van der Waals surface area contributed by atoms with E-state index in [0.717, 1.165) is 0 Å². The monoisotopic (exact) mass is 630 g/mol. The van der Waals surface area contributed by atoms with Crippen LogP contribution >= 0.6 is 0 Å². The summed E-state index contributed by atoms with van der Waals surface area (Å²) in [5, 5.41) is 0. The predicted octanol–water partition coefficient (Wildman–Crippen LogP) is 10.6. The summed E-state index contributed by atoms with van der Waals surface area (Å²) in [7, 11) is 0. The van der Waals surface area contributed by atoms with Crippen LogP contribution in [0, 0.1) is 0 Å². The number of hydrogen-bond donors (Lipinski definition) is 0. The second kappa shape index (κ2) is 35.6. The molecule has 0 aliphatic carbocycles. The van der Waals surface area contributed by atoms with E-state index in [1.165, 1.54) is 223 Å². The highest BCUT2D eigenvalue weighted by Crippen LogP contribution is 2.20. The second-order valence-corrected chi connectivity index (χ2v) is 13.4. The fourth-order valence-corrected chi connectivity index (χ4v) is 6.64. The third-order valence-corrected chi connectivity index (χ3v) is 9.44. The average Bonchev–Trinajstić information content (AvgIpc) is 2.94. The third-order valence-electron chi connectivity index (χ3n) is 9.44. The summed E-state index contributed by atoms with van der Waals surface area (Å²) in [5.41, 5.74) is 0. The van der Waals surface area contributed by atoms with Gasteiger partial charge in [-0.2, -0.15) is 0 Å². The Morgan fingerprint density at radius 1 is 0.225 bits per heavy atom. The van der Waals surface area contributed by atoms with Crippen LogP contribution in [0.15, 0.2) is 0 Å². The highest BCUT2D eigenvalue weighted by Gasteiger charge is 2.25. The Balaban J connectivity index is 0. The van der Waals surface area contributed by atoms with Crippen molar-refractivity contribution in [2.24, 2.45) is 0 Å². The van der Waals surface area contributed by atoms with Gasteiger partial charge in [-0.05, 0) is 51.4 Å². The molecule has 0 N–H and O–H groups in total. The Bertz CT molecular complexity index is 397. The van der Waals surface area contributed by atoms with Crippen molar-refractivity contribution in [3.05, 3.63) is 0 Å². The van der Waals surface area contributed by atoms with Gasteiger partial charge in [0.15, 0.2) is 0 Å². The van der Waals surface area contributed by atoms with Crippen LogP contribution in [0.4, 0.5) is 0 Å². The van der Waals surface area contributed by atoms with E-state index >= 15 is 0 Å². The van der Waals surface area contributed by atoms with Crippen LogP contribution in [0.25, 0.3) is 0 Å². The third kappa shape index (κ3) is 29.9. The van der Waals surface area contributed by atoms with Gasteiger partial charge in [-0.3, -0.25) is 0 Å². The second-order valence-electron chi connectivity index (χ2n) is 13.4. The summed E-state index contributed by atoms with van der Waals surface area (Å²) >= 11 is 0. The highest BCUT2D eigenvalue weighted by atomic mass is 79.9. The fraction of sp³-hybridized carbons (Fsp3) is 1.00. The molecule has 244 valence electrons. The molecule has 0 spiro atoms. The largest absolute Gasteiger partial charge is 1.00 e. The van der Waals surface area contributed by atoms with E-state index in [1.54, 1.807) is 0 Å². The summed E-state index contributed by atoms with van der Waals surface area (Å²) in [6.45, 7) is 15.3. The van der Waals surface area contributed by atoms with Crippen molar-refractivity contribution in [3.8, 4) is 0 Å². The van der Waals surface area contributed by atoms with Crippen LogP contribution in [-0.2, 0) is 0 Å². The molecule has 0 unspecified atom stereocenters. The van der Waals surface area contributed by atoms with Crippen LogP contribution in [0.2, 0.25) is 0 Å². The first kappa shape index (κ1) is 42.6. The standard InChI is InChI=1S/C38H80N.BrH/c1-5-9-13-15-17-19-21-23-25-27-29-33-37-39(35-31-11-7-3,36-32-12-8-4)38-34-30-28-26-24-22-20-18-16-14-10-6-2;/h5-38H2,1-4H3;1H/q+1;/p-1. The molecule has 0 amide bonds. The van der Waals surface area contributed by atoms with Crippen LogP contribution in [0.5, 0.6) is 0 Å². The molecular formula is C38H80BrN. The van der Waals surface area contributed by atoms with Gasteiger partial charge in [0.05, 0.1) is 26.2 Å². The number of hydrogen-bond acceptors (Lipinski definition) is 0. The Kier molecular flexibility index (Phi) is 37.9. The lowest BCUT2D eigenvalue weighted by molar-refractivity contribution is -0.929. The fourth-order valence-electron chi connectivity index (χ4n) is 6.64. The molecule has 0 saturated heterocycles. The van der Waals surface area contributed by atoms with Crippen LogP contribution < -0.4 is 17.0 Å². The summed E-state index contributed by atoms with van der Waals surface area (Å²) < 4.78 is 1.47. The van der Waals surface area contributed by atoms with E-state index in [2.05, 4.69) is 27.7 Å². The molecule has 2 heteroatoms. The lowest BCUT2D eigenvalue weighted by Gasteiger charge is -2.39. The van der Waals surface area contributed by atoms with Crippen molar-refractivity contribution in [2.75, 3.05) is 26.2 Å². The molecule has 0 aromatic rings. The van der Waals surface area contributed by atoms with E-state index < -0.39 is 0 Å². The first-order chi connectivity index (χ1) is 19.2. The minimum atomic E-state index is 0. The first-order valence-corrected chi connectivity index (χ1v) is 19.1. The average molecular weight is 631 g/mol. The molecule has 0 bridgehead atoms. The molecule has 0 radical (unpaired) electrons. The maximum Gasteiger partial charge on any atom is 0.0786 e. The van der Waals surface area contributed by atoms with Gasteiger partial charge < -0.3 is 21.5 Å². The zero-order valence-corrected chi connectivity index (χ0v) is 30.5. The number of rotatable bonds is 34. The van der Waals surface area contributed by atoms with Gasteiger partial charge in [-0.25, -0.2) is 0 Å². The number of nitrogens with zero attached hydrogens (tertiary/aromatic N) is 1. The van der Waals surface area contributed by atoms with Crippen molar-refractivity contribution in [2.45, 2.75) is 220 Å². The van der Waals surface area contributed by atoms with Gasteiger partial charge in [-0.1, -0.05) is 169 Å². The summed E-state index contributed by atoms with van der Waals surface area (Å²) in [6.07, 6.45) is 43.8. The molecule has 40 heavy (non-hydrogen) atoms. The Morgan fingerprint density at radius 2 is 0.375 bits per heavy atom. The van der Waals surface area contributed by atoms with E-state index in [9.17, 15) is 0 Å². The molecule has 0 heterocycles. The lowest BCUT2D eigenvalue weighted by atomic mass is 10.0. The van der Waals surface area contributed by atoms with Crippen LogP contribution in [-0.4, -0.2) is 30.7 Å². The molecule has 0 aromatic carbocycles. The quantitative estimate of drug-likeness (QED) is 0.0490. The number of quaternary nitrogens is 1. The molecule has 0 rings (SSSR count). The minimum Gasteiger partial charge on any atom is -1.00 e. The predicted molar refractivity (Wildman–Crippen MR) is 181 cm³/mol. The first-order valence-electron chi connectivity index (χ1n) is 19.1. The number of halogens is 1. The van der Waals surface area contributed by atoms with Crippen molar-refractivity contribution in [1.82, 2.24) is 0 Å². The Labute approximate surface area is 267 Å². The van der Waals surface area contributed by atoms with E-state index in [-0.39, 0.29) is 17.0 Å². The smallest absolute Gasteiger partial charge is 0.0786 e. The van der Waals surface area contributed by atoms with E-state index in [4.69, 9.17) is 0 Å². The van der Waals surface area contributed by atoms with Crippen molar-refractivity contribution in [3.63, 3.8) is 0 Å².